The molecule has 1 nitrogen and oxygen atoms in total. The Morgan fingerprint density at radius 1 is 1.17 bits per heavy atom. The first-order valence-corrected chi connectivity index (χ1v) is 8.49. The minimum atomic E-state index is -0.982. The van der Waals surface area contributed by atoms with Crippen molar-refractivity contribution >= 4 is 8.07 Å². The van der Waals surface area contributed by atoms with Crippen molar-refractivity contribution in [1.82, 2.24) is 0 Å². The number of hydrogen-bond acceptors (Lipinski definition) is 1. The first-order chi connectivity index (χ1) is 5.56. The third-order valence-electron chi connectivity index (χ3n) is 1.37. The summed E-state index contributed by atoms with van der Waals surface area (Å²) in [6, 6.07) is 0. The highest BCUT2D eigenvalue weighted by molar-refractivity contribution is 6.76. The Morgan fingerprint density at radius 2 is 1.83 bits per heavy atom. The molecule has 0 aliphatic carbocycles. The quantitative estimate of drug-likeness (QED) is 0.351. The second kappa shape index (κ2) is 6.43. The van der Waals surface area contributed by atoms with Crippen molar-refractivity contribution < 1.29 is 4.74 Å². The van der Waals surface area contributed by atoms with E-state index in [2.05, 4.69) is 38.7 Å². The molecule has 0 N–H and O–H groups in total. The predicted octanol–water partition coefficient (Wildman–Crippen LogP) is 3.24. The summed E-state index contributed by atoms with van der Waals surface area (Å²) in [6.07, 6.45) is 7.71. The van der Waals surface area contributed by atoms with Crippen molar-refractivity contribution in [2.75, 3.05) is 12.8 Å². The van der Waals surface area contributed by atoms with E-state index in [9.17, 15) is 0 Å². The molecule has 0 aliphatic heterocycles. The fourth-order valence-corrected chi connectivity index (χ4v) is 1.52. The molecule has 0 saturated heterocycles. The van der Waals surface area contributed by atoms with Gasteiger partial charge in [-0.3, -0.25) is 0 Å². The van der Waals surface area contributed by atoms with E-state index in [0.717, 1.165) is 12.8 Å². The molecule has 0 bridgehead atoms. The van der Waals surface area contributed by atoms with Crippen LogP contribution < -0.4 is 0 Å². The summed E-state index contributed by atoms with van der Waals surface area (Å²) >= 11 is 0. The maximum absolute atomic E-state index is 5.52. The molecule has 72 valence electrons. The average molecular weight is 186 g/mol. The monoisotopic (exact) mass is 186 g/mol. The summed E-state index contributed by atoms with van der Waals surface area (Å²) in [5, 5.41) is 0. The van der Waals surface area contributed by atoms with Gasteiger partial charge in [-0.2, -0.15) is 0 Å². The Morgan fingerprint density at radius 3 is 2.33 bits per heavy atom. The first-order valence-electron chi connectivity index (χ1n) is 4.79. The molecule has 0 aromatic carbocycles. The number of hydrogen-bond donors (Lipinski definition) is 0. The van der Waals surface area contributed by atoms with Gasteiger partial charge in [0.05, 0.1) is 14.7 Å². The first kappa shape index (κ1) is 11.9. The van der Waals surface area contributed by atoms with E-state index < -0.39 is 8.07 Å². The van der Waals surface area contributed by atoms with Crippen LogP contribution in [-0.2, 0) is 4.74 Å². The largest absolute Gasteiger partial charge is 0.381 e. The van der Waals surface area contributed by atoms with E-state index in [0.29, 0.717) is 0 Å². The van der Waals surface area contributed by atoms with E-state index in [1.807, 2.05) is 0 Å². The van der Waals surface area contributed by atoms with Crippen LogP contribution in [-0.4, -0.2) is 20.9 Å². The highest BCUT2D eigenvalue weighted by Crippen LogP contribution is 2.00. The molecular formula is C10H22OSi. The topological polar surface area (TPSA) is 9.23 Å². The molecule has 0 aromatic rings. The van der Waals surface area contributed by atoms with E-state index in [1.165, 1.54) is 12.8 Å². The SMILES string of the molecule is CCC/C=C/COC[Si](C)(C)C. The van der Waals surface area contributed by atoms with Crippen LogP contribution in [0.25, 0.3) is 0 Å². The lowest BCUT2D eigenvalue weighted by atomic mass is 10.3. The number of allylic oxidation sites excluding steroid dienone is 1. The fourth-order valence-electron chi connectivity index (χ4n) is 0.786. The zero-order chi connectivity index (χ0) is 9.45. The number of ether oxygens (including phenoxy) is 1. The molecule has 0 atom stereocenters. The highest BCUT2D eigenvalue weighted by atomic mass is 28.3. The standard InChI is InChI=1S/C10H22OSi/c1-5-6-7-8-9-11-10-12(2,3)4/h7-8H,5-6,9-10H2,1-4H3/b8-7+. The predicted molar refractivity (Wildman–Crippen MR) is 58.2 cm³/mol. The fraction of sp³-hybridized carbons (Fsp3) is 0.800. The van der Waals surface area contributed by atoms with Gasteiger partial charge in [0, 0.05) is 6.23 Å². The van der Waals surface area contributed by atoms with Crippen molar-refractivity contribution in [2.45, 2.75) is 39.4 Å². The molecule has 0 aliphatic rings. The zero-order valence-electron chi connectivity index (χ0n) is 8.89. The molecular weight excluding hydrogens is 164 g/mol. The third-order valence-corrected chi connectivity index (χ3v) is 2.44. The summed E-state index contributed by atoms with van der Waals surface area (Å²) in [5.74, 6) is 0. The Balaban J connectivity index is 3.21. The van der Waals surface area contributed by atoms with Gasteiger partial charge in [0.2, 0.25) is 0 Å². The van der Waals surface area contributed by atoms with Gasteiger partial charge in [0.1, 0.15) is 0 Å². The van der Waals surface area contributed by atoms with E-state index in [1.54, 1.807) is 0 Å². The number of unbranched alkanes of at least 4 members (excludes halogenated alkanes) is 1. The molecule has 0 fully saturated rings. The van der Waals surface area contributed by atoms with Crippen molar-refractivity contribution in [2.24, 2.45) is 0 Å². The van der Waals surface area contributed by atoms with Gasteiger partial charge in [0.25, 0.3) is 0 Å². The van der Waals surface area contributed by atoms with Crippen LogP contribution in [0.5, 0.6) is 0 Å². The summed E-state index contributed by atoms with van der Waals surface area (Å²) in [6.45, 7) is 9.95. The number of rotatable bonds is 6. The molecule has 0 rings (SSSR count). The van der Waals surface area contributed by atoms with Crippen molar-refractivity contribution in [3.05, 3.63) is 12.2 Å². The molecule has 0 spiro atoms. The van der Waals surface area contributed by atoms with Crippen molar-refractivity contribution in [3.8, 4) is 0 Å². The van der Waals surface area contributed by atoms with Crippen LogP contribution in [0, 0.1) is 0 Å². The summed E-state index contributed by atoms with van der Waals surface area (Å²) in [5.41, 5.74) is 0. The summed E-state index contributed by atoms with van der Waals surface area (Å²) < 4.78 is 5.52. The molecule has 0 unspecified atom stereocenters. The van der Waals surface area contributed by atoms with Crippen LogP contribution in [0.15, 0.2) is 12.2 Å². The molecule has 2 heteroatoms. The molecule has 0 saturated carbocycles. The van der Waals surface area contributed by atoms with E-state index in [4.69, 9.17) is 4.74 Å². The van der Waals surface area contributed by atoms with Gasteiger partial charge in [-0.1, -0.05) is 45.1 Å². The van der Waals surface area contributed by atoms with Crippen LogP contribution >= 0.6 is 0 Å². The van der Waals surface area contributed by atoms with Gasteiger partial charge in [0.15, 0.2) is 0 Å². The van der Waals surface area contributed by atoms with Crippen molar-refractivity contribution in [1.29, 1.82) is 0 Å². The third kappa shape index (κ3) is 9.92. The van der Waals surface area contributed by atoms with Crippen LogP contribution in [0.1, 0.15) is 19.8 Å². The molecule has 12 heavy (non-hydrogen) atoms. The molecule has 0 radical (unpaired) electrons. The summed E-state index contributed by atoms with van der Waals surface area (Å²) in [4.78, 5) is 0. The lowest BCUT2D eigenvalue weighted by Crippen LogP contribution is -2.28. The van der Waals surface area contributed by atoms with Crippen molar-refractivity contribution in [3.63, 3.8) is 0 Å². The van der Waals surface area contributed by atoms with Gasteiger partial charge in [-0.05, 0) is 6.42 Å². The van der Waals surface area contributed by atoms with Crippen LogP contribution in [0.4, 0.5) is 0 Å². The Bertz CT molecular complexity index is 124. The lowest BCUT2D eigenvalue weighted by Gasteiger charge is -2.14. The maximum atomic E-state index is 5.52. The lowest BCUT2D eigenvalue weighted by molar-refractivity contribution is 0.205. The Kier molecular flexibility index (Phi) is 6.39. The average Bonchev–Trinajstić information content (AvgIpc) is 1.94. The van der Waals surface area contributed by atoms with Gasteiger partial charge >= 0.3 is 0 Å². The second-order valence-electron chi connectivity index (χ2n) is 4.34. The Hall–Kier alpha value is -0.0831. The minimum Gasteiger partial charge on any atom is -0.381 e. The smallest absolute Gasteiger partial charge is 0.0746 e. The zero-order valence-corrected chi connectivity index (χ0v) is 9.89. The summed E-state index contributed by atoms with van der Waals surface area (Å²) in [7, 11) is -0.982. The van der Waals surface area contributed by atoms with Gasteiger partial charge < -0.3 is 4.74 Å². The molecule has 0 heterocycles. The normalized spacial score (nSPS) is 12.7. The minimum absolute atomic E-state index is 0.796. The maximum Gasteiger partial charge on any atom is 0.0746 e. The van der Waals surface area contributed by atoms with Gasteiger partial charge in [-0.25, -0.2) is 0 Å². The van der Waals surface area contributed by atoms with E-state index >= 15 is 0 Å². The van der Waals surface area contributed by atoms with Crippen LogP contribution in [0.3, 0.4) is 0 Å². The van der Waals surface area contributed by atoms with Crippen LogP contribution in [0.2, 0.25) is 19.6 Å². The Labute approximate surface area is 77.8 Å². The van der Waals surface area contributed by atoms with E-state index in [-0.39, 0.29) is 0 Å². The highest BCUT2D eigenvalue weighted by Gasteiger charge is 2.11. The van der Waals surface area contributed by atoms with Gasteiger partial charge in [-0.15, -0.1) is 0 Å². The second-order valence-corrected chi connectivity index (χ2v) is 9.75. The molecule has 0 aromatic heterocycles. The molecule has 0 amide bonds.